The van der Waals surface area contributed by atoms with Crippen LogP contribution in [0.15, 0.2) is 34.9 Å². The van der Waals surface area contributed by atoms with E-state index in [1.165, 1.54) is 0 Å². The average Bonchev–Trinajstić information content (AvgIpc) is 2.87. The Kier molecular flexibility index (Phi) is 3.44. The molecule has 0 fully saturated rings. The lowest BCUT2D eigenvalue weighted by atomic mass is 10.2. The number of oxazole rings is 1. The predicted octanol–water partition coefficient (Wildman–Crippen LogP) is 3.40. The predicted molar refractivity (Wildman–Crippen MR) is 82.4 cm³/mol. The van der Waals surface area contributed by atoms with E-state index in [0.717, 1.165) is 10.9 Å². The lowest BCUT2D eigenvalue weighted by Gasteiger charge is -2.19. The number of carbonyl (C=O) groups excluding carboxylic acids is 1. The van der Waals surface area contributed by atoms with Crippen LogP contribution in [0.5, 0.6) is 0 Å². The van der Waals surface area contributed by atoms with Gasteiger partial charge in [0.25, 0.3) is 0 Å². The third-order valence-corrected chi connectivity index (χ3v) is 2.96. The maximum atomic E-state index is 11.6. The zero-order chi connectivity index (χ0) is 15.7. The summed E-state index contributed by atoms with van der Waals surface area (Å²) in [4.78, 5) is 20.3. The molecule has 0 aliphatic rings. The number of amides is 1. The van der Waals surface area contributed by atoms with Gasteiger partial charge < -0.3 is 14.5 Å². The topological polar surface area (TPSA) is 77.2 Å². The van der Waals surface area contributed by atoms with Gasteiger partial charge in [0.15, 0.2) is 5.58 Å². The first-order valence-electron chi connectivity index (χ1n) is 7.02. The molecule has 1 aromatic carbocycles. The normalized spacial score (nSPS) is 11.8. The van der Waals surface area contributed by atoms with Gasteiger partial charge in [0.2, 0.25) is 5.89 Å². The summed E-state index contributed by atoms with van der Waals surface area (Å²) in [5.74, 6) is 0.416. The minimum Gasteiger partial charge on any atom is -0.444 e. The summed E-state index contributed by atoms with van der Waals surface area (Å²) in [6, 6.07) is 7.68. The van der Waals surface area contributed by atoms with Crippen LogP contribution in [0.25, 0.3) is 22.0 Å². The SMILES string of the molecule is CC(C)(C)OC(=O)NCc1nc2cnc3ccccc3c2o1. The van der Waals surface area contributed by atoms with E-state index < -0.39 is 11.7 Å². The van der Waals surface area contributed by atoms with Crippen LogP contribution in [0.3, 0.4) is 0 Å². The minimum atomic E-state index is -0.536. The molecule has 0 aliphatic heterocycles. The first-order chi connectivity index (χ1) is 10.4. The molecule has 6 nitrogen and oxygen atoms in total. The summed E-state index contributed by atoms with van der Waals surface area (Å²) in [6.45, 7) is 5.59. The minimum absolute atomic E-state index is 0.165. The van der Waals surface area contributed by atoms with E-state index in [0.29, 0.717) is 17.0 Å². The number of para-hydroxylation sites is 1. The Morgan fingerprint density at radius 3 is 2.82 bits per heavy atom. The Bertz CT molecular complexity index is 833. The molecule has 2 heterocycles. The largest absolute Gasteiger partial charge is 0.444 e. The van der Waals surface area contributed by atoms with Gasteiger partial charge in [0.1, 0.15) is 11.1 Å². The van der Waals surface area contributed by atoms with Gasteiger partial charge in [-0.2, -0.15) is 0 Å². The number of rotatable bonds is 2. The second-order valence-electron chi connectivity index (χ2n) is 5.95. The molecule has 1 N–H and O–H groups in total. The zero-order valence-electron chi connectivity index (χ0n) is 12.7. The second-order valence-corrected chi connectivity index (χ2v) is 5.95. The van der Waals surface area contributed by atoms with Crippen molar-refractivity contribution in [2.75, 3.05) is 0 Å². The maximum Gasteiger partial charge on any atom is 0.408 e. The molecule has 6 heteroatoms. The highest BCUT2D eigenvalue weighted by atomic mass is 16.6. The van der Waals surface area contributed by atoms with Crippen molar-refractivity contribution in [2.45, 2.75) is 32.9 Å². The van der Waals surface area contributed by atoms with Crippen molar-refractivity contribution in [1.29, 1.82) is 0 Å². The molecule has 0 aliphatic carbocycles. The number of pyridine rings is 1. The number of nitrogens with one attached hydrogen (secondary N) is 1. The highest BCUT2D eigenvalue weighted by Crippen LogP contribution is 2.23. The van der Waals surface area contributed by atoms with E-state index in [1.54, 1.807) is 6.20 Å². The van der Waals surface area contributed by atoms with Gasteiger partial charge in [-0.25, -0.2) is 9.78 Å². The molecule has 0 saturated carbocycles. The van der Waals surface area contributed by atoms with Crippen LogP contribution in [0.4, 0.5) is 4.79 Å². The third-order valence-electron chi connectivity index (χ3n) is 2.96. The van der Waals surface area contributed by atoms with E-state index in [-0.39, 0.29) is 6.54 Å². The van der Waals surface area contributed by atoms with Gasteiger partial charge in [0, 0.05) is 5.39 Å². The number of carbonyl (C=O) groups is 1. The van der Waals surface area contributed by atoms with Crippen molar-refractivity contribution >= 4 is 28.1 Å². The molecule has 0 atom stereocenters. The molecule has 2 aromatic heterocycles. The van der Waals surface area contributed by atoms with Crippen molar-refractivity contribution < 1.29 is 13.9 Å². The molecule has 22 heavy (non-hydrogen) atoms. The summed E-state index contributed by atoms with van der Waals surface area (Å²) in [5, 5.41) is 3.53. The number of hydrogen-bond acceptors (Lipinski definition) is 5. The Balaban J connectivity index is 1.81. The van der Waals surface area contributed by atoms with Crippen molar-refractivity contribution in [2.24, 2.45) is 0 Å². The third kappa shape index (κ3) is 3.00. The van der Waals surface area contributed by atoms with Crippen LogP contribution >= 0.6 is 0 Å². The molecule has 0 radical (unpaired) electrons. The number of hydrogen-bond donors (Lipinski definition) is 1. The molecule has 0 bridgehead atoms. The number of ether oxygens (including phenoxy) is 1. The number of fused-ring (bicyclic) bond motifs is 3. The van der Waals surface area contributed by atoms with Crippen molar-refractivity contribution in [3.63, 3.8) is 0 Å². The van der Waals surface area contributed by atoms with Crippen molar-refractivity contribution in [1.82, 2.24) is 15.3 Å². The lowest BCUT2D eigenvalue weighted by Crippen LogP contribution is -2.32. The molecule has 0 unspecified atom stereocenters. The fourth-order valence-electron chi connectivity index (χ4n) is 2.10. The highest BCUT2D eigenvalue weighted by molar-refractivity contribution is 6.00. The van der Waals surface area contributed by atoms with Gasteiger partial charge in [-0.1, -0.05) is 12.1 Å². The van der Waals surface area contributed by atoms with Gasteiger partial charge >= 0.3 is 6.09 Å². The lowest BCUT2D eigenvalue weighted by molar-refractivity contribution is 0.0519. The fourth-order valence-corrected chi connectivity index (χ4v) is 2.10. The van der Waals surface area contributed by atoms with Crippen LogP contribution in [-0.4, -0.2) is 21.7 Å². The molecule has 3 aromatic rings. The molecular formula is C16H17N3O3. The van der Waals surface area contributed by atoms with Gasteiger partial charge in [0.05, 0.1) is 18.3 Å². The Hall–Kier alpha value is -2.63. The number of alkyl carbamates (subject to hydrolysis) is 1. The summed E-state index contributed by atoms with van der Waals surface area (Å²) < 4.78 is 10.9. The summed E-state index contributed by atoms with van der Waals surface area (Å²) >= 11 is 0. The van der Waals surface area contributed by atoms with E-state index >= 15 is 0 Å². The standard InChI is InChI=1S/C16H17N3O3/c1-16(2,3)22-15(20)18-9-13-19-12-8-17-11-7-5-4-6-10(11)14(12)21-13/h4-8H,9H2,1-3H3,(H,18,20). The first-order valence-corrected chi connectivity index (χ1v) is 7.02. The second kappa shape index (κ2) is 5.29. The smallest absolute Gasteiger partial charge is 0.408 e. The Morgan fingerprint density at radius 2 is 2.05 bits per heavy atom. The maximum absolute atomic E-state index is 11.6. The summed E-state index contributed by atoms with van der Waals surface area (Å²) in [5.41, 5.74) is 1.65. The molecule has 3 rings (SSSR count). The Morgan fingerprint density at radius 1 is 1.27 bits per heavy atom. The first kappa shape index (κ1) is 14.3. The average molecular weight is 299 g/mol. The fraction of sp³-hybridized carbons (Fsp3) is 0.312. The van der Waals surface area contributed by atoms with Crippen LogP contribution in [0.2, 0.25) is 0 Å². The summed E-state index contributed by atoms with van der Waals surface area (Å²) in [7, 11) is 0. The highest BCUT2D eigenvalue weighted by Gasteiger charge is 2.17. The summed E-state index contributed by atoms with van der Waals surface area (Å²) in [6.07, 6.45) is 1.16. The van der Waals surface area contributed by atoms with Gasteiger partial charge in [-0.3, -0.25) is 4.98 Å². The van der Waals surface area contributed by atoms with Gasteiger partial charge in [-0.05, 0) is 32.9 Å². The van der Waals surface area contributed by atoms with E-state index in [2.05, 4.69) is 15.3 Å². The van der Waals surface area contributed by atoms with Crippen LogP contribution in [-0.2, 0) is 11.3 Å². The van der Waals surface area contributed by atoms with Gasteiger partial charge in [-0.15, -0.1) is 0 Å². The zero-order valence-corrected chi connectivity index (χ0v) is 12.7. The molecule has 114 valence electrons. The molecule has 0 spiro atoms. The monoisotopic (exact) mass is 299 g/mol. The van der Waals surface area contributed by atoms with Crippen molar-refractivity contribution in [3.05, 3.63) is 36.4 Å². The number of nitrogens with zero attached hydrogens (tertiary/aromatic N) is 2. The van der Waals surface area contributed by atoms with E-state index in [9.17, 15) is 4.79 Å². The molecule has 1 amide bonds. The van der Waals surface area contributed by atoms with Crippen LogP contribution in [0, 0.1) is 0 Å². The van der Waals surface area contributed by atoms with E-state index in [4.69, 9.17) is 9.15 Å². The molecule has 0 saturated heterocycles. The van der Waals surface area contributed by atoms with E-state index in [1.807, 2.05) is 45.0 Å². The van der Waals surface area contributed by atoms with Crippen molar-refractivity contribution in [3.8, 4) is 0 Å². The quantitative estimate of drug-likeness (QED) is 0.784. The Labute approximate surface area is 127 Å². The van der Waals surface area contributed by atoms with Crippen LogP contribution in [0.1, 0.15) is 26.7 Å². The number of aromatic nitrogens is 2. The molecular weight excluding hydrogens is 282 g/mol. The van der Waals surface area contributed by atoms with Crippen LogP contribution < -0.4 is 5.32 Å². The number of benzene rings is 1.